The van der Waals surface area contributed by atoms with Crippen LogP contribution in [0.25, 0.3) is 0 Å². The summed E-state index contributed by atoms with van der Waals surface area (Å²) in [5, 5.41) is 0. The van der Waals surface area contributed by atoms with Gasteiger partial charge >= 0.3 is 0 Å². The zero-order chi connectivity index (χ0) is 9.14. The molecular formula is C11H23N. The molecule has 0 amide bonds. The van der Waals surface area contributed by atoms with E-state index in [0.717, 1.165) is 30.2 Å². The Labute approximate surface area is 76.7 Å². The molecule has 0 heterocycles. The van der Waals surface area contributed by atoms with Crippen molar-refractivity contribution in [3.8, 4) is 0 Å². The molecule has 0 radical (unpaired) electrons. The molecule has 0 aromatic rings. The van der Waals surface area contributed by atoms with Crippen molar-refractivity contribution in [1.82, 2.24) is 0 Å². The van der Waals surface area contributed by atoms with E-state index in [1.54, 1.807) is 0 Å². The van der Waals surface area contributed by atoms with E-state index in [9.17, 15) is 0 Å². The smallest absolute Gasteiger partial charge is 0.00461 e. The van der Waals surface area contributed by atoms with Crippen molar-refractivity contribution < 1.29 is 0 Å². The van der Waals surface area contributed by atoms with Gasteiger partial charge in [-0.15, -0.1) is 0 Å². The molecule has 1 rings (SSSR count). The van der Waals surface area contributed by atoms with Gasteiger partial charge in [-0.1, -0.05) is 27.2 Å². The first-order chi connectivity index (χ1) is 5.66. The van der Waals surface area contributed by atoms with E-state index >= 15 is 0 Å². The van der Waals surface area contributed by atoms with Crippen LogP contribution in [0.15, 0.2) is 0 Å². The molecule has 72 valence electrons. The van der Waals surface area contributed by atoms with Gasteiger partial charge < -0.3 is 5.73 Å². The highest BCUT2D eigenvalue weighted by atomic mass is 14.6. The first-order valence-electron chi connectivity index (χ1n) is 5.37. The quantitative estimate of drug-likeness (QED) is 0.690. The van der Waals surface area contributed by atoms with Crippen molar-refractivity contribution in [2.45, 2.75) is 40.0 Å². The summed E-state index contributed by atoms with van der Waals surface area (Å²) < 4.78 is 0. The zero-order valence-corrected chi connectivity index (χ0v) is 8.72. The number of hydrogen-bond donors (Lipinski definition) is 1. The summed E-state index contributed by atoms with van der Waals surface area (Å²) in [4.78, 5) is 0. The molecule has 1 fully saturated rings. The number of rotatable bonds is 3. The lowest BCUT2D eigenvalue weighted by Gasteiger charge is -2.27. The lowest BCUT2D eigenvalue weighted by atomic mass is 9.79. The fourth-order valence-electron chi connectivity index (χ4n) is 2.54. The third kappa shape index (κ3) is 2.01. The van der Waals surface area contributed by atoms with E-state index in [1.807, 2.05) is 0 Å². The van der Waals surface area contributed by atoms with Gasteiger partial charge in [0.25, 0.3) is 0 Å². The van der Waals surface area contributed by atoms with E-state index in [1.165, 1.54) is 19.3 Å². The van der Waals surface area contributed by atoms with Crippen LogP contribution in [0.5, 0.6) is 0 Å². The van der Waals surface area contributed by atoms with Gasteiger partial charge in [0.1, 0.15) is 0 Å². The Balaban J connectivity index is 2.49. The van der Waals surface area contributed by atoms with E-state index in [4.69, 9.17) is 5.73 Å². The summed E-state index contributed by atoms with van der Waals surface area (Å²) in [5.74, 6) is 3.42. The van der Waals surface area contributed by atoms with Gasteiger partial charge in [0.15, 0.2) is 0 Å². The molecule has 0 saturated heterocycles. The topological polar surface area (TPSA) is 26.0 Å². The van der Waals surface area contributed by atoms with Crippen LogP contribution in [0.3, 0.4) is 0 Å². The molecule has 0 aliphatic heterocycles. The van der Waals surface area contributed by atoms with E-state index in [2.05, 4.69) is 20.8 Å². The van der Waals surface area contributed by atoms with Gasteiger partial charge in [-0.05, 0) is 43.1 Å². The van der Waals surface area contributed by atoms with Gasteiger partial charge in [-0.3, -0.25) is 0 Å². The standard InChI is InChI=1S/C11H23N/c1-8(2)9(3)11-6-4-5-10(11)7-12/h8-11H,4-7,12H2,1-3H3. The second-order valence-electron chi connectivity index (χ2n) is 4.69. The molecule has 12 heavy (non-hydrogen) atoms. The van der Waals surface area contributed by atoms with E-state index in [-0.39, 0.29) is 0 Å². The van der Waals surface area contributed by atoms with Crippen LogP contribution in [0.2, 0.25) is 0 Å². The molecule has 1 saturated carbocycles. The molecule has 2 N–H and O–H groups in total. The Morgan fingerprint density at radius 2 is 1.92 bits per heavy atom. The fourth-order valence-corrected chi connectivity index (χ4v) is 2.54. The molecule has 0 aromatic heterocycles. The molecule has 1 aliphatic carbocycles. The minimum absolute atomic E-state index is 0.821. The summed E-state index contributed by atoms with van der Waals surface area (Å²) >= 11 is 0. The maximum absolute atomic E-state index is 5.76. The number of hydrogen-bond acceptors (Lipinski definition) is 1. The second-order valence-corrected chi connectivity index (χ2v) is 4.69. The summed E-state index contributed by atoms with van der Waals surface area (Å²) in [6.45, 7) is 7.96. The first kappa shape index (κ1) is 10.0. The van der Waals surface area contributed by atoms with Crippen LogP contribution in [-0.2, 0) is 0 Å². The Morgan fingerprint density at radius 3 is 2.42 bits per heavy atom. The van der Waals surface area contributed by atoms with Crippen LogP contribution in [0.1, 0.15) is 40.0 Å². The second kappa shape index (κ2) is 4.27. The molecule has 1 heteroatoms. The minimum atomic E-state index is 0.821. The highest BCUT2D eigenvalue weighted by Gasteiger charge is 2.31. The fraction of sp³-hybridized carbons (Fsp3) is 1.00. The molecule has 1 nitrogen and oxygen atoms in total. The Bertz CT molecular complexity index is 131. The third-order valence-corrected chi connectivity index (χ3v) is 3.75. The maximum atomic E-state index is 5.76. The van der Waals surface area contributed by atoms with Crippen LogP contribution in [-0.4, -0.2) is 6.54 Å². The minimum Gasteiger partial charge on any atom is -0.330 e. The molecule has 0 bridgehead atoms. The average Bonchev–Trinajstić information content (AvgIpc) is 2.49. The maximum Gasteiger partial charge on any atom is -0.00461 e. The van der Waals surface area contributed by atoms with Gasteiger partial charge in [0, 0.05) is 0 Å². The zero-order valence-electron chi connectivity index (χ0n) is 8.72. The van der Waals surface area contributed by atoms with Gasteiger partial charge in [-0.25, -0.2) is 0 Å². The normalized spacial score (nSPS) is 32.8. The predicted octanol–water partition coefficient (Wildman–Crippen LogP) is 2.65. The highest BCUT2D eigenvalue weighted by molar-refractivity contribution is 4.82. The van der Waals surface area contributed by atoms with E-state index < -0.39 is 0 Å². The average molecular weight is 169 g/mol. The number of nitrogens with two attached hydrogens (primary N) is 1. The molecule has 0 aromatic carbocycles. The molecular weight excluding hydrogens is 146 g/mol. The van der Waals surface area contributed by atoms with Crippen molar-refractivity contribution in [3.63, 3.8) is 0 Å². The molecule has 1 aliphatic rings. The highest BCUT2D eigenvalue weighted by Crippen LogP contribution is 2.38. The van der Waals surface area contributed by atoms with Crippen molar-refractivity contribution in [1.29, 1.82) is 0 Å². The summed E-state index contributed by atoms with van der Waals surface area (Å²) in [6.07, 6.45) is 4.20. The Kier molecular flexibility index (Phi) is 3.57. The van der Waals surface area contributed by atoms with Crippen molar-refractivity contribution in [3.05, 3.63) is 0 Å². The van der Waals surface area contributed by atoms with E-state index in [0.29, 0.717) is 0 Å². The Hall–Kier alpha value is -0.0400. The third-order valence-electron chi connectivity index (χ3n) is 3.75. The summed E-state index contributed by atoms with van der Waals surface area (Å²) in [6, 6.07) is 0. The molecule has 3 unspecified atom stereocenters. The van der Waals surface area contributed by atoms with Gasteiger partial charge in [0.2, 0.25) is 0 Å². The van der Waals surface area contributed by atoms with Crippen LogP contribution in [0.4, 0.5) is 0 Å². The van der Waals surface area contributed by atoms with Crippen molar-refractivity contribution in [2.24, 2.45) is 29.4 Å². The summed E-state index contributed by atoms with van der Waals surface area (Å²) in [5.41, 5.74) is 5.76. The van der Waals surface area contributed by atoms with Gasteiger partial charge in [-0.2, -0.15) is 0 Å². The van der Waals surface area contributed by atoms with Gasteiger partial charge in [0.05, 0.1) is 0 Å². The van der Waals surface area contributed by atoms with Crippen LogP contribution >= 0.6 is 0 Å². The lowest BCUT2D eigenvalue weighted by molar-refractivity contribution is 0.225. The first-order valence-corrected chi connectivity index (χ1v) is 5.37. The summed E-state index contributed by atoms with van der Waals surface area (Å²) in [7, 11) is 0. The van der Waals surface area contributed by atoms with Crippen molar-refractivity contribution >= 4 is 0 Å². The monoisotopic (exact) mass is 169 g/mol. The molecule has 3 atom stereocenters. The van der Waals surface area contributed by atoms with Crippen molar-refractivity contribution in [2.75, 3.05) is 6.54 Å². The lowest BCUT2D eigenvalue weighted by Crippen LogP contribution is -2.26. The van der Waals surface area contributed by atoms with Crippen LogP contribution in [0, 0.1) is 23.7 Å². The van der Waals surface area contributed by atoms with Crippen LogP contribution < -0.4 is 5.73 Å². The predicted molar refractivity (Wildman–Crippen MR) is 53.9 cm³/mol. The molecule has 0 spiro atoms. The Morgan fingerprint density at radius 1 is 1.25 bits per heavy atom. The largest absolute Gasteiger partial charge is 0.330 e. The SMILES string of the molecule is CC(C)C(C)C1CCCC1CN.